The highest BCUT2D eigenvalue weighted by Gasteiger charge is 2.14. The van der Waals surface area contributed by atoms with Crippen LogP contribution < -0.4 is 0 Å². The SMILES string of the molecule is Cc1cc2c(cn1)C=C(c1cc(F)ccc1C)CC2. The fraction of sp³-hybridized carbons (Fsp3) is 0.235. The summed E-state index contributed by atoms with van der Waals surface area (Å²) in [7, 11) is 0. The molecule has 0 saturated heterocycles. The maximum atomic E-state index is 13.4. The van der Waals surface area contributed by atoms with Gasteiger partial charge < -0.3 is 0 Å². The molecule has 1 heterocycles. The van der Waals surface area contributed by atoms with Crippen LogP contribution >= 0.6 is 0 Å². The van der Waals surface area contributed by atoms with Gasteiger partial charge in [0.05, 0.1) is 0 Å². The number of allylic oxidation sites excluding steroid dienone is 1. The summed E-state index contributed by atoms with van der Waals surface area (Å²) in [6.45, 7) is 4.04. The van der Waals surface area contributed by atoms with Crippen LogP contribution in [0.15, 0.2) is 30.5 Å². The first kappa shape index (κ1) is 12.1. The maximum absolute atomic E-state index is 13.4. The molecule has 1 aliphatic rings. The Morgan fingerprint density at radius 1 is 1.11 bits per heavy atom. The van der Waals surface area contributed by atoms with Crippen molar-refractivity contribution < 1.29 is 4.39 Å². The third-order valence-corrected chi connectivity index (χ3v) is 3.70. The van der Waals surface area contributed by atoms with E-state index in [4.69, 9.17) is 0 Å². The zero-order valence-corrected chi connectivity index (χ0v) is 11.2. The monoisotopic (exact) mass is 253 g/mol. The molecule has 19 heavy (non-hydrogen) atoms. The molecule has 0 spiro atoms. The molecule has 0 radical (unpaired) electrons. The van der Waals surface area contributed by atoms with Crippen LogP contribution in [0.4, 0.5) is 4.39 Å². The van der Waals surface area contributed by atoms with E-state index in [9.17, 15) is 4.39 Å². The van der Waals surface area contributed by atoms with E-state index in [1.807, 2.05) is 26.1 Å². The first-order valence-corrected chi connectivity index (χ1v) is 6.56. The van der Waals surface area contributed by atoms with Crippen molar-refractivity contribution >= 4 is 11.6 Å². The summed E-state index contributed by atoms with van der Waals surface area (Å²) < 4.78 is 13.4. The molecule has 0 amide bonds. The topological polar surface area (TPSA) is 12.9 Å². The highest BCUT2D eigenvalue weighted by molar-refractivity contribution is 5.85. The van der Waals surface area contributed by atoms with Crippen LogP contribution in [-0.2, 0) is 6.42 Å². The lowest BCUT2D eigenvalue weighted by Crippen LogP contribution is -2.02. The Bertz CT molecular complexity index is 671. The molecule has 0 N–H and O–H groups in total. The number of aromatic nitrogens is 1. The van der Waals surface area contributed by atoms with Gasteiger partial charge in [-0.3, -0.25) is 4.98 Å². The molecule has 1 nitrogen and oxygen atoms in total. The summed E-state index contributed by atoms with van der Waals surface area (Å²) in [5, 5.41) is 0. The van der Waals surface area contributed by atoms with Gasteiger partial charge >= 0.3 is 0 Å². The summed E-state index contributed by atoms with van der Waals surface area (Å²) in [5.74, 6) is -0.172. The summed E-state index contributed by atoms with van der Waals surface area (Å²) in [5.41, 5.74) is 6.90. The largest absolute Gasteiger partial charge is 0.261 e. The van der Waals surface area contributed by atoms with Gasteiger partial charge in [0, 0.05) is 11.9 Å². The van der Waals surface area contributed by atoms with E-state index in [1.54, 1.807) is 6.07 Å². The molecular formula is C17H16FN. The van der Waals surface area contributed by atoms with Gasteiger partial charge in [-0.25, -0.2) is 4.39 Å². The van der Waals surface area contributed by atoms with Gasteiger partial charge in [-0.2, -0.15) is 0 Å². The van der Waals surface area contributed by atoms with Crippen molar-refractivity contribution in [3.05, 3.63) is 64.2 Å². The Labute approximate surface area is 112 Å². The summed E-state index contributed by atoms with van der Waals surface area (Å²) in [6.07, 6.45) is 6.02. The summed E-state index contributed by atoms with van der Waals surface area (Å²) in [4.78, 5) is 4.34. The molecule has 96 valence electrons. The van der Waals surface area contributed by atoms with Gasteiger partial charge in [0.1, 0.15) is 5.82 Å². The van der Waals surface area contributed by atoms with Crippen LogP contribution in [0, 0.1) is 19.7 Å². The van der Waals surface area contributed by atoms with Gasteiger partial charge in [0.25, 0.3) is 0 Å². The van der Waals surface area contributed by atoms with Crippen molar-refractivity contribution in [1.82, 2.24) is 4.98 Å². The van der Waals surface area contributed by atoms with Crippen molar-refractivity contribution in [2.75, 3.05) is 0 Å². The van der Waals surface area contributed by atoms with E-state index < -0.39 is 0 Å². The number of halogens is 1. The zero-order valence-electron chi connectivity index (χ0n) is 11.2. The standard InChI is InChI=1S/C17H16FN/c1-11-3-6-16(18)9-17(11)14-5-4-13-7-12(2)19-10-15(13)8-14/h3,6-10H,4-5H2,1-2H3. The van der Waals surface area contributed by atoms with Crippen molar-refractivity contribution in [3.63, 3.8) is 0 Å². The lowest BCUT2D eigenvalue weighted by atomic mass is 9.88. The lowest BCUT2D eigenvalue weighted by Gasteiger charge is -2.18. The molecule has 2 heteroatoms. The third-order valence-electron chi connectivity index (χ3n) is 3.70. The Balaban J connectivity index is 2.08. The molecule has 0 bridgehead atoms. The predicted molar refractivity (Wildman–Crippen MR) is 76.3 cm³/mol. The average Bonchev–Trinajstić information content (AvgIpc) is 2.41. The van der Waals surface area contributed by atoms with E-state index in [2.05, 4.69) is 17.1 Å². The van der Waals surface area contributed by atoms with Crippen molar-refractivity contribution in [2.24, 2.45) is 0 Å². The van der Waals surface area contributed by atoms with E-state index >= 15 is 0 Å². The number of rotatable bonds is 1. The molecule has 0 fully saturated rings. The molecule has 2 aromatic rings. The summed E-state index contributed by atoms with van der Waals surface area (Å²) >= 11 is 0. The van der Waals surface area contributed by atoms with Gasteiger partial charge in [0.2, 0.25) is 0 Å². The second-order valence-corrected chi connectivity index (χ2v) is 5.15. The molecule has 0 unspecified atom stereocenters. The smallest absolute Gasteiger partial charge is 0.123 e. The van der Waals surface area contributed by atoms with E-state index in [1.165, 1.54) is 17.2 Å². The number of hydrogen-bond donors (Lipinski definition) is 0. The molecule has 1 aromatic carbocycles. The van der Waals surface area contributed by atoms with Crippen LogP contribution in [-0.4, -0.2) is 4.98 Å². The number of aryl methyl sites for hydroxylation is 3. The van der Waals surface area contributed by atoms with Crippen LogP contribution in [0.3, 0.4) is 0 Å². The first-order chi connectivity index (χ1) is 9.13. The van der Waals surface area contributed by atoms with Crippen molar-refractivity contribution in [3.8, 4) is 0 Å². The van der Waals surface area contributed by atoms with Crippen molar-refractivity contribution in [1.29, 1.82) is 0 Å². The number of fused-ring (bicyclic) bond motifs is 1. The Kier molecular flexibility index (Phi) is 2.94. The molecule has 1 aromatic heterocycles. The van der Waals surface area contributed by atoms with Gasteiger partial charge in [-0.15, -0.1) is 0 Å². The van der Waals surface area contributed by atoms with Crippen LogP contribution in [0.1, 0.15) is 34.4 Å². The normalized spacial score (nSPS) is 13.9. The molecule has 3 rings (SSSR count). The lowest BCUT2D eigenvalue weighted by molar-refractivity contribution is 0.626. The Morgan fingerprint density at radius 3 is 2.79 bits per heavy atom. The minimum Gasteiger partial charge on any atom is -0.261 e. The molecule has 1 aliphatic carbocycles. The van der Waals surface area contributed by atoms with Crippen LogP contribution in [0.5, 0.6) is 0 Å². The second kappa shape index (κ2) is 4.61. The number of hydrogen-bond acceptors (Lipinski definition) is 1. The fourth-order valence-corrected chi connectivity index (χ4v) is 2.66. The molecule has 0 saturated carbocycles. The Hall–Kier alpha value is -1.96. The third kappa shape index (κ3) is 2.30. The highest BCUT2D eigenvalue weighted by Crippen LogP contribution is 2.32. The first-order valence-electron chi connectivity index (χ1n) is 6.56. The van der Waals surface area contributed by atoms with Gasteiger partial charge in [-0.05, 0) is 78.8 Å². The number of pyridine rings is 1. The minimum absolute atomic E-state index is 0.172. The predicted octanol–water partition coefficient (Wildman–Crippen LogP) is 4.32. The van der Waals surface area contributed by atoms with Crippen LogP contribution in [0.25, 0.3) is 11.6 Å². The minimum atomic E-state index is -0.172. The molecular weight excluding hydrogens is 237 g/mol. The van der Waals surface area contributed by atoms with E-state index in [0.29, 0.717) is 0 Å². The Morgan fingerprint density at radius 2 is 1.95 bits per heavy atom. The fourth-order valence-electron chi connectivity index (χ4n) is 2.66. The van der Waals surface area contributed by atoms with Crippen LogP contribution in [0.2, 0.25) is 0 Å². The average molecular weight is 253 g/mol. The quantitative estimate of drug-likeness (QED) is 0.737. The second-order valence-electron chi connectivity index (χ2n) is 5.15. The molecule has 0 atom stereocenters. The zero-order chi connectivity index (χ0) is 13.4. The van der Waals surface area contributed by atoms with Gasteiger partial charge in [-0.1, -0.05) is 6.07 Å². The number of benzene rings is 1. The van der Waals surface area contributed by atoms with Gasteiger partial charge in [0.15, 0.2) is 0 Å². The van der Waals surface area contributed by atoms with Crippen molar-refractivity contribution in [2.45, 2.75) is 26.7 Å². The highest BCUT2D eigenvalue weighted by atomic mass is 19.1. The van der Waals surface area contributed by atoms with E-state index in [0.717, 1.165) is 35.2 Å². The van der Waals surface area contributed by atoms with E-state index in [-0.39, 0.29) is 5.82 Å². The number of nitrogens with zero attached hydrogens (tertiary/aromatic N) is 1. The summed E-state index contributed by atoms with van der Waals surface area (Å²) in [6, 6.07) is 7.13. The molecule has 0 aliphatic heterocycles. The maximum Gasteiger partial charge on any atom is 0.123 e.